The highest BCUT2D eigenvalue weighted by Gasteiger charge is 2.35. The van der Waals surface area contributed by atoms with Gasteiger partial charge in [-0.15, -0.1) is 0 Å². The summed E-state index contributed by atoms with van der Waals surface area (Å²) in [4.78, 5) is 0. The van der Waals surface area contributed by atoms with Crippen molar-refractivity contribution in [2.45, 2.75) is 37.9 Å². The minimum atomic E-state index is -2.51. The van der Waals surface area contributed by atoms with Gasteiger partial charge in [0.05, 0.1) is 12.2 Å². The molecular weight excluding hydrogens is 154 g/mol. The molecule has 2 nitrogen and oxygen atoms in total. The van der Waals surface area contributed by atoms with Gasteiger partial charge in [-0.2, -0.15) is 0 Å². The summed E-state index contributed by atoms with van der Waals surface area (Å²) in [7, 11) is 0. The lowest BCUT2D eigenvalue weighted by atomic mass is 9.85. The standard InChI is InChI=1S/C7H12F2O2/c8-7(9)4-2-1-3-5(10)6(4)11/h4-7,10-11H,1-3H2/t4?,5?,6-/m1/s1. The van der Waals surface area contributed by atoms with Crippen molar-refractivity contribution in [3.8, 4) is 0 Å². The molecule has 2 N–H and O–H groups in total. The normalized spacial score (nSPS) is 39.5. The Kier molecular flexibility index (Phi) is 2.78. The minimum absolute atomic E-state index is 0.315. The predicted octanol–water partition coefficient (Wildman–Crippen LogP) is 0.773. The summed E-state index contributed by atoms with van der Waals surface area (Å²) in [5.74, 6) is -1.03. The molecule has 0 amide bonds. The highest BCUT2D eigenvalue weighted by molar-refractivity contribution is 4.82. The molecule has 1 rings (SSSR count). The van der Waals surface area contributed by atoms with E-state index in [-0.39, 0.29) is 0 Å². The first kappa shape index (κ1) is 8.87. The zero-order valence-electron chi connectivity index (χ0n) is 6.08. The van der Waals surface area contributed by atoms with Gasteiger partial charge in [-0.05, 0) is 12.8 Å². The van der Waals surface area contributed by atoms with E-state index in [1.54, 1.807) is 0 Å². The van der Waals surface area contributed by atoms with Crippen molar-refractivity contribution in [1.29, 1.82) is 0 Å². The van der Waals surface area contributed by atoms with Gasteiger partial charge in [0.25, 0.3) is 0 Å². The summed E-state index contributed by atoms with van der Waals surface area (Å²) in [6, 6.07) is 0. The molecule has 1 fully saturated rings. The average molecular weight is 166 g/mol. The zero-order chi connectivity index (χ0) is 8.43. The maximum atomic E-state index is 12.1. The fourth-order valence-corrected chi connectivity index (χ4v) is 1.46. The summed E-state index contributed by atoms with van der Waals surface area (Å²) in [6.07, 6.45) is -3.38. The fourth-order valence-electron chi connectivity index (χ4n) is 1.46. The van der Waals surface area contributed by atoms with Gasteiger partial charge in [0, 0.05) is 5.92 Å². The predicted molar refractivity (Wildman–Crippen MR) is 35.4 cm³/mol. The zero-order valence-corrected chi connectivity index (χ0v) is 6.08. The summed E-state index contributed by atoms with van der Waals surface area (Å²) in [5.41, 5.74) is 0. The molecule has 0 aromatic carbocycles. The van der Waals surface area contributed by atoms with Crippen LogP contribution in [0, 0.1) is 5.92 Å². The van der Waals surface area contributed by atoms with Crippen LogP contribution in [0.2, 0.25) is 0 Å². The van der Waals surface area contributed by atoms with Crippen LogP contribution in [0.4, 0.5) is 8.78 Å². The van der Waals surface area contributed by atoms with Crippen LogP contribution in [0.5, 0.6) is 0 Å². The van der Waals surface area contributed by atoms with Crippen LogP contribution >= 0.6 is 0 Å². The Balaban J connectivity index is 2.51. The molecule has 0 saturated heterocycles. The van der Waals surface area contributed by atoms with Crippen LogP contribution in [0.1, 0.15) is 19.3 Å². The van der Waals surface area contributed by atoms with E-state index in [9.17, 15) is 8.78 Å². The number of hydrogen-bond donors (Lipinski definition) is 2. The van der Waals surface area contributed by atoms with Crippen molar-refractivity contribution in [1.82, 2.24) is 0 Å². The lowest BCUT2D eigenvalue weighted by Gasteiger charge is -2.30. The number of hydrogen-bond acceptors (Lipinski definition) is 2. The Hall–Kier alpha value is -0.220. The molecule has 66 valence electrons. The molecule has 0 radical (unpaired) electrons. The second kappa shape index (κ2) is 3.45. The number of halogens is 2. The molecule has 0 spiro atoms. The molecule has 0 heterocycles. The van der Waals surface area contributed by atoms with Crippen molar-refractivity contribution < 1.29 is 19.0 Å². The van der Waals surface area contributed by atoms with Gasteiger partial charge >= 0.3 is 0 Å². The topological polar surface area (TPSA) is 40.5 Å². The molecule has 2 unspecified atom stereocenters. The van der Waals surface area contributed by atoms with Gasteiger partial charge in [0.1, 0.15) is 0 Å². The largest absolute Gasteiger partial charge is 0.390 e. The summed E-state index contributed by atoms with van der Waals surface area (Å²) >= 11 is 0. The van der Waals surface area contributed by atoms with E-state index in [0.29, 0.717) is 19.3 Å². The number of aliphatic hydroxyl groups excluding tert-OH is 2. The van der Waals surface area contributed by atoms with Gasteiger partial charge in [0.15, 0.2) is 0 Å². The van der Waals surface area contributed by atoms with Crippen LogP contribution in [0.15, 0.2) is 0 Å². The van der Waals surface area contributed by atoms with Gasteiger partial charge < -0.3 is 10.2 Å². The van der Waals surface area contributed by atoms with Crippen molar-refractivity contribution in [3.05, 3.63) is 0 Å². The monoisotopic (exact) mass is 166 g/mol. The third kappa shape index (κ3) is 1.87. The molecule has 1 aliphatic rings. The van der Waals surface area contributed by atoms with Crippen molar-refractivity contribution in [2.24, 2.45) is 5.92 Å². The summed E-state index contributed by atoms with van der Waals surface area (Å²) in [6.45, 7) is 0. The van der Waals surface area contributed by atoms with Crippen LogP contribution in [-0.2, 0) is 0 Å². The highest BCUT2D eigenvalue weighted by Crippen LogP contribution is 2.29. The van der Waals surface area contributed by atoms with Crippen molar-refractivity contribution >= 4 is 0 Å². The van der Waals surface area contributed by atoms with Gasteiger partial charge in [-0.1, -0.05) is 6.42 Å². The van der Waals surface area contributed by atoms with Crippen LogP contribution in [0.3, 0.4) is 0 Å². The summed E-state index contributed by atoms with van der Waals surface area (Å²) < 4.78 is 24.1. The molecule has 1 saturated carbocycles. The molecule has 3 atom stereocenters. The maximum Gasteiger partial charge on any atom is 0.244 e. The van der Waals surface area contributed by atoms with Gasteiger partial charge in [-0.25, -0.2) is 8.78 Å². The van der Waals surface area contributed by atoms with E-state index < -0.39 is 24.6 Å². The van der Waals surface area contributed by atoms with E-state index in [2.05, 4.69) is 0 Å². The Morgan fingerprint density at radius 3 is 2.27 bits per heavy atom. The molecule has 1 aliphatic carbocycles. The third-order valence-electron chi connectivity index (χ3n) is 2.19. The average Bonchev–Trinajstić information content (AvgIpc) is 1.94. The molecule has 0 aromatic rings. The van der Waals surface area contributed by atoms with E-state index in [4.69, 9.17) is 10.2 Å². The molecule has 0 bridgehead atoms. The first-order chi connectivity index (χ1) is 5.13. The Morgan fingerprint density at radius 1 is 1.18 bits per heavy atom. The van der Waals surface area contributed by atoms with Crippen LogP contribution in [-0.4, -0.2) is 28.8 Å². The second-order valence-electron chi connectivity index (χ2n) is 2.99. The smallest absolute Gasteiger partial charge is 0.244 e. The molecule has 4 heteroatoms. The fraction of sp³-hybridized carbons (Fsp3) is 1.00. The van der Waals surface area contributed by atoms with E-state index in [0.717, 1.165) is 0 Å². The lowest BCUT2D eigenvalue weighted by Crippen LogP contribution is -2.40. The first-order valence-corrected chi connectivity index (χ1v) is 3.77. The number of alkyl halides is 2. The Labute approximate surface area is 63.8 Å². The van der Waals surface area contributed by atoms with Crippen LogP contribution in [0.25, 0.3) is 0 Å². The summed E-state index contributed by atoms with van der Waals surface area (Å²) in [5, 5.41) is 18.1. The first-order valence-electron chi connectivity index (χ1n) is 3.77. The lowest BCUT2D eigenvalue weighted by molar-refractivity contribution is -0.0930. The van der Waals surface area contributed by atoms with Crippen molar-refractivity contribution in [3.63, 3.8) is 0 Å². The van der Waals surface area contributed by atoms with E-state index in [1.165, 1.54) is 0 Å². The second-order valence-corrected chi connectivity index (χ2v) is 2.99. The Bertz CT molecular complexity index is 130. The van der Waals surface area contributed by atoms with Crippen molar-refractivity contribution in [2.75, 3.05) is 0 Å². The number of rotatable bonds is 1. The Morgan fingerprint density at radius 2 is 1.82 bits per heavy atom. The number of aliphatic hydroxyl groups is 2. The molecule has 0 aromatic heterocycles. The van der Waals surface area contributed by atoms with Gasteiger partial charge in [-0.3, -0.25) is 0 Å². The highest BCUT2D eigenvalue weighted by atomic mass is 19.3. The van der Waals surface area contributed by atoms with Crippen LogP contribution < -0.4 is 0 Å². The van der Waals surface area contributed by atoms with E-state index >= 15 is 0 Å². The van der Waals surface area contributed by atoms with E-state index in [1.807, 2.05) is 0 Å². The molecular formula is C7H12F2O2. The maximum absolute atomic E-state index is 12.1. The quantitative estimate of drug-likeness (QED) is 0.604. The molecule has 0 aliphatic heterocycles. The molecule has 11 heavy (non-hydrogen) atoms. The minimum Gasteiger partial charge on any atom is -0.390 e. The SMILES string of the molecule is OC1CCCC(C(F)F)[C@H]1O. The third-order valence-corrected chi connectivity index (χ3v) is 2.19. The van der Waals surface area contributed by atoms with Gasteiger partial charge in [0.2, 0.25) is 6.43 Å².